The van der Waals surface area contributed by atoms with Gasteiger partial charge in [0, 0.05) is 10.7 Å². The molecule has 2 saturated heterocycles. The monoisotopic (exact) mass is 486 g/mol. The van der Waals surface area contributed by atoms with E-state index in [9.17, 15) is 14.4 Å². The number of thioether (sulfide) groups is 1. The summed E-state index contributed by atoms with van der Waals surface area (Å²) >= 11 is 12.3. The topological polar surface area (TPSA) is 90.5 Å². The zero-order chi connectivity index (χ0) is 22.8. The number of nitrogens with zero attached hydrogens (tertiary/aromatic N) is 1. The normalized spacial score (nSPS) is 22.2. The minimum absolute atomic E-state index is 0.0180. The van der Waals surface area contributed by atoms with Crippen LogP contribution >= 0.6 is 35.6 Å². The van der Waals surface area contributed by atoms with Crippen LogP contribution in [0.25, 0.3) is 0 Å². The smallest absolute Gasteiger partial charge is 0.259 e. The van der Waals surface area contributed by atoms with Crippen LogP contribution < -0.4 is 20.9 Å². The molecule has 2 atom stereocenters. The number of thiocarbonyl (C=S) groups is 1. The van der Waals surface area contributed by atoms with Gasteiger partial charge in [-0.25, -0.2) is 0 Å². The van der Waals surface area contributed by atoms with Crippen LogP contribution in [-0.4, -0.2) is 28.3 Å². The second-order valence-electron chi connectivity index (χ2n) is 7.12. The van der Waals surface area contributed by atoms with E-state index in [2.05, 4.69) is 22.9 Å². The summed E-state index contributed by atoms with van der Waals surface area (Å²) in [7, 11) is 0. The number of anilines is 2. The molecule has 2 aliphatic heterocycles. The van der Waals surface area contributed by atoms with E-state index in [1.165, 1.54) is 28.3 Å². The molecule has 3 amide bonds. The van der Waals surface area contributed by atoms with Crippen LogP contribution in [0.4, 0.5) is 11.4 Å². The molecule has 7 nitrogen and oxygen atoms in total. The Bertz CT molecular complexity index is 1120. The molecule has 10 heteroatoms. The van der Waals surface area contributed by atoms with Crippen LogP contribution in [0, 0.1) is 5.92 Å². The van der Waals surface area contributed by atoms with Crippen LogP contribution in [0.3, 0.4) is 0 Å². The Hall–Kier alpha value is -2.88. The Labute approximate surface area is 199 Å². The van der Waals surface area contributed by atoms with Crippen molar-refractivity contribution in [1.82, 2.24) is 10.6 Å². The van der Waals surface area contributed by atoms with Crippen molar-refractivity contribution in [1.29, 1.82) is 0 Å². The van der Waals surface area contributed by atoms with Crippen molar-refractivity contribution in [2.45, 2.75) is 18.8 Å². The minimum Gasteiger partial charge on any atom is -0.357 e. The first-order valence-electron chi connectivity index (χ1n) is 9.85. The van der Waals surface area contributed by atoms with Gasteiger partial charge >= 0.3 is 0 Å². The number of carbonyl (C=O) groups is 3. The van der Waals surface area contributed by atoms with E-state index in [-0.39, 0.29) is 15.9 Å². The molecule has 2 aromatic rings. The maximum absolute atomic E-state index is 13.1. The van der Waals surface area contributed by atoms with E-state index in [0.717, 1.165) is 12.1 Å². The second-order valence-corrected chi connectivity index (χ2v) is 9.09. The quantitative estimate of drug-likeness (QED) is 0.341. The second kappa shape index (κ2) is 9.32. The van der Waals surface area contributed by atoms with Crippen molar-refractivity contribution in [3.8, 4) is 0 Å². The molecule has 164 valence electrons. The van der Waals surface area contributed by atoms with Crippen molar-refractivity contribution in [2.24, 2.45) is 5.92 Å². The van der Waals surface area contributed by atoms with Gasteiger partial charge in [0.05, 0.1) is 10.6 Å². The van der Waals surface area contributed by atoms with Crippen molar-refractivity contribution >= 4 is 69.8 Å². The Morgan fingerprint density at radius 1 is 1.12 bits per heavy atom. The minimum atomic E-state index is -1.19. The molecule has 0 aliphatic carbocycles. The van der Waals surface area contributed by atoms with E-state index in [1.54, 1.807) is 24.3 Å². The highest BCUT2D eigenvalue weighted by atomic mass is 35.5. The first-order chi connectivity index (χ1) is 15.4. The van der Waals surface area contributed by atoms with Crippen LogP contribution in [0.15, 0.2) is 59.5 Å². The zero-order valence-corrected chi connectivity index (χ0v) is 19.3. The zero-order valence-electron chi connectivity index (χ0n) is 16.9. The summed E-state index contributed by atoms with van der Waals surface area (Å²) in [6.07, 6.45) is 2.32. The third-order valence-corrected chi connectivity index (χ3v) is 6.58. The van der Waals surface area contributed by atoms with Gasteiger partial charge in [0.25, 0.3) is 5.91 Å². The summed E-state index contributed by atoms with van der Waals surface area (Å²) in [4.78, 5) is 39.6. The lowest BCUT2D eigenvalue weighted by molar-refractivity contribution is -0.131. The van der Waals surface area contributed by atoms with Gasteiger partial charge in [0.2, 0.25) is 11.8 Å². The number of nitrogens with one attached hydrogen (secondary N) is 3. The summed E-state index contributed by atoms with van der Waals surface area (Å²) in [6, 6.07) is 14.4. The summed E-state index contributed by atoms with van der Waals surface area (Å²) < 4.78 is 0. The van der Waals surface area contributed by atoms with Crippen LogP contribution in [-0.2, 0) is 20.8 Å². The summed E-state index contributed by atoms with van der Waals surface area (Å²) in [5.41, 5.74) is 2.12. The van der Waals surface area contributed by atoms with Crippen LogP contribution in [0.5, 0.6) is 0 Å². The predicted molar refractivity (Wildman–Crippen MR) is 130 cm³/mol. The first-order valence-corrected chi connectivity index (χ1v) is 11.5. The molecule has 0 bridgehead atoms. The van der Waals surface area contributed by atoms with Gasteiger partial charge in [-0.2, -0.15) is 0 Å². The molecule has 0 aromatic heterocycles. The van der Waals surface area contributed by atoms with Gasteiger partial charge in [-0.05, 0) is 66.7 Å². The number of benzene rings is 2. The lowest BCUT2D eigenvalue weighted by Gasteiger charge is -2.31. The van der Waals surface area contributed by atoms with Gasteiger partial charge in [-0.3, -0.25) is 19.3 Å². The molecule has 2 fully saturated rings. The predicted octanol–water partition coefficient (Wildman–Crippen LogP) is 3.41. The van der Waals surface area contributed by atoms with Crippen LogP contribution in [0.2, 0.25) is 5.02 Å². The van der Waals surface area contributed by atoms with Gasteiger partial charge in [-0.1, -0.05) is 42.4 Å². The lowest BCUT2D eigenvalue weighted by atomic mass is 10.0. The number of carbonyl (C=O) groups excluding carboxylic acids is 3. The lowest BCUT2D eigenvalue weighted by Crippen LogP contribution is -2.57. The Morgan fingerprint density at radius 3 is 2.47 bits per heavy atom. The number of hydrogen-bond acceptors (Lipinski definition) is 6. The number of rotatable bonds is 5. The molecule has 4 rings (SSSR count). The van der Waals surface area contributed by atoms with E-state index in [0.29, 0.717) is 10.7 Å². The summed E-state index contributed by atoms with van der Waals surface area (Å²) in [6.45, 7) is 2.08. The first kappa shape index (κ1) is 22.3. The Kier molecular flexibility index (Phi) is 6.50. The van der Waals surface area contributed by atoms with Gasteiger partial charge in [-0.15, -0.1) is 0 Å². The summed E-state index contributed by atoms with van der Waals surface area (Å²) in [5.74, 6) is -2.65. The maximum atomic E-state index is 13.1. The van der Waals surface area contributed by atoms with Gasteiger partial charge < -0.3 is 16.0 Å². The fourth-order valence-corrected chi connectivity index (χ4v) is 4.71. The average molecular weight is 487 g/mol. The standard InChI is InChI=1S/C22H19ClN4O3S2/c1-2-12-3-7-14(8-4-12)24-21-25-19(29)17(32-21)11-16-18(28)26-22(31)27(20(16)30)15-9-5-13(23)6-10-15/h3-11,16,21,24H,2H2,1H3,(H,25,29)(H,26,28,31)/b17-11-/t16-,21+/m0/s1. The highest BCUT2D eigenvalue weighted by Crippen LogP contribution is 2.31. The highest BCUT2D eigenvalue weighted by molar-refractivity contribution is 8.05. The molecule has 3 N–H and O–H groups in total. The fraction of sp³-hybridized carbons (Fsp3) is 0.182. The number of aryl methyl sites for hydroxylation is 1. The van der Waals surface area contributed by atoms with Gasteiger partial charge in [0.1, 0.15) is 5.92 Å². The number of halogens is 1. The molecular weight excluding hydrogens is 468 g/mol. The number of amides is 3. The van der Waals surface area contributed by atoms with Crippen LogP contribution in [0.1, 0.15) is 12.5 Å². The average Bonchev–Trinajstić information content (AvgIpc) is 3.11. The Morgan fingerprint density at radius 2 is 1.81 bits per heavy atom. The summed E-state index contributed by atoms with van der Waals surface area (Å²) in [5, 5.41) is 9.05. The molecule has 32 heavy (non-hydrogen) atoms. The van der Waals surface area contributed by atoms with E-state index >= 15 is 0 Å². The van der Waals surface area contributed by atoms with E-state index in [1.807, 2.05) is 24.3 Å². The molecule has 2 aromatic carbocycles. The molecule has 0 unspecified atom stereocenters. The maximum Gasteiger partial charge on any atom is 0.259 e. The highest BCUT2D eigenvalue weighted by Gasteiger charge is 2.40. The van der Waals surface area contributed by atoms with Crippen molar-refractivity contribution in [2.75, 3.05) is 10.2 Å². The van der Waals surface area contributed by atoms with Gasteiger partial charge in [0.15, 0.2) is 10.6 Å². The fourth-order valence-electron chi connectivity index (χ4n) is 3.29. The molecule has 0 radical (unpaired) electrons. The van der Waals surface area contributed by atoms with Crippen molar-refractivity contribution in [3.05, 3.63) is 70.1 Å². The molecule has 2 heterocycles. The molecule has 0 spiro atoms. The number of hydrogen-bond donors (Lipinski definition) is 3. The largest absolute Gasteiger partial charge is 0.357 e. The third-order valence-electron chi connectivity index (χ3n) is 5.00. The third kappa shape index (κ3) is 4.64. The molecule has 0 saturated carbocycles. The molecule has 2 aliphatic rings. The van der Waals surface area contributed by atoms with E-state index < -0.39 is 23.2 Å². The Balaban J connectivity index is 1.51. The molecular formula is C22H19ClN4O3S2. The SMILES string of the molecule is CCc1ccc(N[C@@H]2NC(=O)/C(=C/[C@H]3C(=O)NC(=S)N(c4ccc(Cl)cc4)C3=O)S2)cc1. The van der Waals surface area contributed by atoms with Crippen molar-refractivity contribution in [3.63, 3.8) is 0 Å². The van der Waals surface area contributed by atoms with Crippen molar-refractivity contribution < 1.29 is 14.4 Å². The van der Waals surface area contributed by atoms with E-state index in [4.69, 9.17) is 23.8 Å².